The quantitative estimate of drug-likeness (QED) is 0.628. The second kappa shape index (κ2) is 7.58. The zero-order valence-electron chi connectivity index (χ0n) is 11.0. The predicted octanol–water partition coefficient (Wildman–Crippen LogP) is 0.808. The number of Topliss-reactive ketones (excluding diaryl/α,β-unsaturated/α-hetero) is 2. The number of rotatable bonds is 7. The van der Waals surface area contributed by atoms with Crippen molar-refractivity contribution in [2.24, 2.45) is 0 Å². The van der Waals surface area contributed by atoms with Gasteiger partial charge in [0.1, 0.15) is 23.8 Å². The largest absolute Gasteiger partial charge is 0.458 e. The molecule has 0 heterocycles. The molecule has 0 bridgehead atoms. The van der Waals surface area contributed by atoms with Gasteiger partial charge in [-0.25, -0.2) is 0 Å². The van der Waals surface area contributed by atoms with Crippen molar-refractivity contribution in [2.75, 3.05) is 0 Å². The van der Waals surface area contributed by atoms with Crippen molar-refractivity contribution in [2.45, 2.75) is 52.7 Å². The molecule has 0 spiro atoms. The van der Waals surface area contributed by atoms with Crippen molar-refractivity contribution in [1.29, 1.82) is 0 Å². The molecule has 0 aromatic rings. The Morgan fingerprint density at radius 2 is 1.00 bits per heavy atom. The molecule has 6 heteroatoms. The highest BCUT2D eigenvalue weighted by Gasteiger charge is 2.29. The standard InChI is InChI=1S/C12H18O6/c1-7(13)5-11(17-9(3)15)12(6-8(2)14)18-10(4)16/h11-12H,5-6H2,1-4H3. The predicted molar refractivity (Wildman–Crippen MR) is 61.7 cm³/mol. The Morgan fingerprint density at radius 3 is 1.17 bits per heavy atom. The minimum atomic E-state index is -0.923. The van der Waals surface area contributed by atoms with Crippen LogP contribution in [0.25, 0.3) is 0 Å². The fraction of sp³-hybridized carbons (Fsp3) is 0.667. The van der Waals surface area contributed by atoms with Gasteiger partial charge in [0.05, 0.1) is 0 Å². The number of esters is 2. The second-order valence-electron chi connectivity index (χ2n) is 4.11. The molecule has 0 saturated carbocycles. The third kappa shape index (κ3) is 7.54. The summed E-state index contributed by atoms with van der Waals surface area (Å²) in [6.45, 7) is 5.03. The molecule has 0 rings (SSSR count). The van der Waals surface area contributed by atoms with Crippen LogP contribution in [-0.2, 0) is 28.7 Å². The smallest absolute Gasteiger partial charge is 0.303 e. The number of hydrogen-bond donors (Lipinski definition) is 0. The summed E-state index contributed by atoms with van der Waals surface area (Å²) in [4.78, 5) is 44.1. The zero-order chi connectivity index (χ0) is 14.3. The SMILES string of the molecule is CC(=O)CC(OC(C)=O)C(CC(C)=O)OC(C)=O. The number of hydrogen-bond acceptors (Lipinski definition) is 6. The molecule has 0 aliphatic rings. The maximum absolute atomic E-state index is 11.1. The van der Waals surface area contributed by atoms with Gasteiger partial charge < -0.3 is 9.47 Å². The van der Waals surface area contributed by atoms with Crippen molar-refractivity contribution in [3.8, 4) is 0 Å². The summed E-state index contributed by atoms with van der Waals surface area (Å²) >= 11 is 0. The van der Waals surface area contributed by atoms with Crippen LogP contribution in [0.3, 0.4) is 0 Å². The Balaban J connectivity index is 4.90. The van der Waals surface area contributed by atoms with Gasteiger partial charge in [-0.15, -0.1) is 0 Å². The minimum Gasteiger partial charge on any atom is -0.458 e. The molecular weight excluding hydrogens is 240 g/mol. The van der Waals surface area contributed by atoms with E-state index in [-0.39, 0.29) is 24.4 Å². The highest BCUT2D eigenvalue weighted by atomic mass is 16.6. The van der Waals surface area contributed by atoms with E-state index in [0.29, 0.717) is 0 Å². The third-order valence-corrected chi connectivity index (χ3v) is 2.03. The number of ketones is 2. The van der Waals surface area contributed by atoms with Crippen molar-refractivity contribution in [1.82, 2.24) is 0 Å². The van der Waals surface area contributed by atoms with Crippen LogP contribution in [0.4, 0.5) is 0 Å². The lowest BCUT2D eigenvalue weighted by Crippen LogP contribution is -2.37. The molecule has 0 saturated heterocycles. The summed E-state index contributed by atoms with van der Waals surface area (Å²) in [5, 5.41) is 0. The first-order valence-corrected chi connectivity index (χ1v) is 5.55. The van der Waals surface area contributed by atoms with E-state index in [1.807, 2.05) is 0 Å². The van der Waals surface area contributed by atoms with Gasteiger partial charge in [-0.2, -0.15) is 0 Å². The Labute approximate surface area is 106 Å². The van der Waals surface area contributed by atoms with E-state index in [1.165, 1.54) is 27.7 Å². The lowest BCUT2D eigenvalue weighted by molar-refractivity contribution is -0.168. The van der Waals surface area contributed by atoms with Crippen LogP contribution in [0.2, 0.25) is 0 Å². The molecular formula is C12H18O6. The molecule has 0 fully saturated rings. The van der Waals surface area contributed by atoms with Crippen molar-refractivity contribution in [3.05, 3.63) is 0 Å². The Kier molecular flexibility index (Phi) is 6.85. The van der Waals surface area contributed by atoms with Crippen LogP contribution < -0.4 is 0 Å². The summed E-state index contributed by atoms with van der Waals surface area (Å²) < 4.78 is 9.87. The molecule has 2 unspecified atom stereocenters. The average Bonchev–Trinajstić information content (AvgIpc) is 2.12. The van der Waals surface area contributed by atoms with Gasteiger partial charge in [0.15, 0.2) is 0 Å². The first-order valence-electron chi connectivity index (χ1n) is 5.55. The van der Waals surface area contributed by atoms with Gasteiger partial charge in [-0.1, -0.05) is 0 Å². The molecule has 0 amide bonds. The molecule has 0 aliphatic carbocycles. The molecule has 0 aromatic heterocycles. The Hall–Kier alpha value is -1.72. The monoisotopic (exact) mass is 258 g/mol. The van der Waals surface area contributed by atoms with E-state index >= 15 is 0 Å². The molecule has 6 nitrogen and oxygen atoms in total. The molecule has 102 valence electrons. The fourth-order valence-corrected chi connectivity index (χ4v) is 1.49. The third-order valence-electron chi connectivity index (χ3n) is 2.03. The highest BCUT2D eigenvalue weighted by molar-refractivity contribution is 5.79. The van der Waals surface area contributed by atoms with Crippen LogP contribution in [0.5, 0.6) is 0 Å². The van der Waals surface area contributed by atoms with E-state index < -0.39 is 24.1 Å². The van der Waals surface area contributed by atoms with Crippen LogP contribution in [0.1, 0.15) is 40.5 Å². The Bertz CT molecular complexity index is 280. The zero-order valence-corrected chi connectivity index (χ0v) is 11.0. The molecule has 0 aliphatic heterocycles. The van der Waals surface area contributed by atoms with Crippen molar-refractivity contribution < 1.29 is 28.7 Å². The van der Waals surface area contributed by atoms with Gasteiger partial charge in [0, 0.05) is 26.7 Å². The van der Waals surface area contributed by atoms with Gasteiger partial charge >= 0.3 is 11.9 Å². The minimum absolute atomic E-state index is 0.0925. The van der Waals surface area contributed by atoms with E-state index in [2.05, 4.69) is 0 Å². The lowest BCUT2D eigenvalue weighted by atomic mass is 10.0. The van der Waals surface area contributed by atoms with Gasteiger partial charge in [-0.05, 0) is 13.8 Å². The molecule has 18 heavy (non-hydrogen) atoms. The van der Waals surface area contributed by atoms with Gasteiger partial charge in [-0.3, -0.25) is 19.2 Å². The van der Waals surface area contributed by atoms with Crippen molar-refractivity contribution >= 4 is 23.5 Å². The van der Waals surface area contributed by atoms with E-state index in [0.717, 1.165) is 0 Å². The highest BCUT2D eigenvalue weighted by Crippen LogP contribution is 2.14. The maximum atomic E-state index is 11.1. The number of carbonyl (C=O) groups is 4. The summed E-state index contributed by atoms with van der Waals surface area (Å²) in [5.74, 6) is -1.63. The normalized spacial score (nSPS) is 13.3. The molecule has 0 radical (unpaired) electrons. The summed E-state index contributed by atoms with van der Waals surface area (Å²) in [5.41, 5.74) is 0. The topological polar surface area (TPSA) is 86.7 Å². The first-order chi connectivity index (χ1) is 8.22. The van der Waals surface area contributed by atoms with Crippen LogP contribution in [0, 0.1) is 0 Å². The van der Waals surface area contributed by atoms with Crippen LogP contribution in [-0.4, -0.2) is 35.7 Å². The maximum Gasteiger partial charge on any atom is 0.303 e. The number of carbonyl (C=O) groups excluding carboxylic acids is 4. The first kappa shape index (κ1) is 16.3. The molecule has 2 atom stereocenters. The average molecular weight is 258 g/mol. The molecule has 0 N–H and O–H groups in total. The molecule has 0 aromatic carbocycles. The van der Waals surface area contributed by atoms with Gasteiger partial charge in [0.2, 0.25) is 0 Å². The Morgan fingerprint density at radius 1 is 0.722 bits per heavy atom. The summed E-state index contributed by atoms with van der Waals surface area (Å²) in [7, 11) is 0. The number of ether oxygens (including phenoxy) is 2. The lowest BCUT2D eigenvalue weighted by Gasteiger charge is -2.24. The van der Waals surface area contributed by atoms with Crippen molar-refractivity contribution in [3.63, 3.8) is 0 Å². The van der Waals surface area contributed by atoms with Crippen LogP contribution in [0.15, 0.2) is 0 Å². The van der Waals surface area contributed by atoms with E-state index in [9.17, 15) is 19.2 Å². The van der Waals surface area contributed by atoms with Crippen LogP contribution >= 0.6 is 0 Å². The fourth-order valence-electron chi connectivity index (χ4n) is 1.49. The van der Waals surface area contributed by atoms with E-state index in [4.69, 9.17) is 9.47 Å². The van der Waals surface area contributed by atoms with E-state index in [1.54, 1.807) is 0 Å². The van der Waals surface area contributed by atoms with Gasteiger partial charge in [0.25, 0.3) is 0 Å². The summed E-state index contributed by atoms with van der Waals surface area (Å²) in [6.07, 6.45) is -2.03. The second-order valence-corrected chi connectivity index (χ2v) is 4.11. The summed E-state index contributed by atoms with van der Waals surface area (Å²) in [6, 6.07) is 0.